The smallest absolute Gasteiger partial charge is 0.306 e. The molecule has 0 N–H and O–H groups in total. The van der Waals surface area contributed by atoms with Crippen molar-refractivity contribution in [2.24, 2.45) is 0 Å². The van der Waals surface area contributed by atoms with Crippen LogP contribution in [0.2, 0.25) is 0 Å². The Balaban J connectivity index is 4.76. The number of unbranched alkanes of at least 4 members (excludes halogenated alkanes) is 25. The number of amides is 2. The van der Waals surface area contributed by atoms with Crippen molar-refractivity contribution in [1.29, 1.82) is 0 Å². The van der Waals surface area contributed by atoms with Crippen LogP contribution in [-0.4, -0.2) is 97.0 Å². The lowest BCUT2D eigenvalue weighted by molar-refractivity contribution is -0.150. The average molecular weight is 921 g/mol. The number of hydrogen-bond donors (Lipinski definition) is 0. The van der Waals surface area contributed by atoms with Gasteiger partial charge in [-0.15, -0.1) is 0 Å². The molecule has 65 heavy (non-hydrogen) atoms. The second-order valence-electron chi connectivity index (χ2n) is 19.2. The second kappa shape index (κ2) is 48.3. The van der Waals surface area contributed by atoms with Gasteiger partial charge in [0.2, 0.25) is 11.8 Å². The van der Waals surface area contributed by atoms with E-state index >= 15 is 0 Å². The zero-order valence-corrected chi connectivity index (χ0v) is 44.2. The lowest BCUT2D eigenvalue weighted by atomic mass is 10.0. The van der Waals surface area contributed by atoms with Crippen LogP contribution in [0.1, 0.15) is 279 Å². The standard InChI is InChI=1S/C56H109N3O6/c1-7-13-16-19-22-31-40-51-64-55(62)44-34-27-23-29-37-46-57(48-39-36-43-54(61)59(12-6)50-49-58(11-5)53(60)10-4)47-38-30-24-28-35-45-56(63)65-52(41-32-25-20-17-14-8-2)42-33-26-21-18-15-9-3/h52H,7-51H2,1-6H3. The van der Waals surface area contributed by atoms with Gasteiger partial charge in [-0.1, -0.05) is 169 Å². The van der Waals surface area contributed by atoms with Gasteiger partial charge in [-0.25, -0.2) is 0 Å². The van der Waals surface area contributed by atoms with E-state index in [9.17, 15) is 19.2 Å². The zero-order chi connectivity index (χ0) is 47.9. The number of esters is 2. The molecule has 0 bridgehead atoms. The van der Waals surface area contributed by atoms with Crippen LogP contribution in [0.5, 0.6) is 0 Å². The predicted octanol–water partition coefficient (Wildman–Crippen LogP) is 15.0. The van der Waals surface area contributed by atoms with Gasteiger partial charge >= 0.3 is 11.9 Å². The Bertz CT molecular complexity index is 1070. The first-order valence-electron chi connectivity index (χ1n) is 28.4. The number of nitrogens with zero attached hydrogens (tertiary/aromatic N) is 3. The summed E-state index contributed by atoms with van der Waals surface area (Å²) in [6.45, 7) is 18.9. The van der Waals surface area contributed by atoms with Crippen LogP contribution >= 0.6 is 0 Å². The fourth-order valence-corrected chi connectivity index (χ4v) is 8.89. The third kappa shape index (κ3) is 40.6. The molecule has 0 fully saturated rings. The summed E-state index contributed by atoms with van der Waals surface area (Å²) in [6.07, 6.45) is 40.8. The predicted molar refractivity (Wildman–Crippen MR) is 275 cm³/mol. The topological polar surface area (TPSA) is 96.5 Å². The van der Waals surface area contributed by atoms with E-state index in [1.165, 1.54) is 116 Å². The lowest BCUT2D eigenvalue weighted by Gasteiger charge is -2.26. The summed E-state index contributed by atoms with van der Waals surface area (Å²) < 4.78 is 11.6. The first-order valence-corrected chi connectivity index (χ1v) is 28.4. The highest BCUT2D eigenvalue weighted by Crippen LogP contribution is 2.19. The molecule has 0 aromatic heterocycles. The van der Waals surface area contributed by atoms with Crippen LogP contribution in [0.4, 0.5) is 0 Å². The van der Waals surface area contributed by atoms with Crippen molar-refractivity contribution in [2.75, 3.05) is 52.4 Å². The van der Waals surface area contributed by atoms with Crippen molar-refractivity contribution in [1.82, 2.24) is 14.7 Å². The molecule has 0 heterocycles. The van der Waals surface area contributed by atoms with Crippen LogP contribution in [0.25, 0.3) is 0 Å². The molecule has 0 saturated heterocycles. The second-order valence-corrected chi connectivity index (χ2v) is 19.2. The highest BCUT2D eigenvalue weighted by molar-refractivity contribution is 5.77. The first kappa shape index (κ1) is 62.8. The molecular formula is C56H109N3O6. The van der Waals surface area contributed by atoms with Gasteiger partial charge in [0.15, 0.2) is 0 Å². The number of carbonyl (C=O) groups is 4. The average Bonchev–Trinajstić information content (AvgIpc) is 3.30. The van der Waals surface area contributed by atoms with E-state index in [1.807, 2.05) is 30.6 Å². The van der Waals surface area contributed by atoms with E-state index in [0.717, 1.165) is 116 Å². The van der Waals surface area contributed by atoms with Gasteiger partial charge in [-0.3, -0.25) is 19.2 Å². The summed E-state index contributed by atoms with van der Waals surface area (Å²) in [5.74, 6) is 0.303. The fourth-order valence-electron chi connectivity index (χ4n) is 8.89. The van der Waals surface area contributed by atoms with Crippen LogP contribution in [-0.2, 0) is 28.7 Å². The van der Waals surface area contributed by atoms with Gasteiger partial charge in [0.1, 0.15) is 6.10 Å². The van der Waals surface area contributed by atoms with Gasteiger partial charge in [-0.05, 0) is 104 Å². The fraction of sp³-hybridized carbons (Fsp3) is 0.929. The Kier molecular flexibility index (Phi) is 46.7. The molecule has 0 atom stereocenters. The third-order valence-electron chi connectivity index (χ3n) is 13.3. The molecule has 0 aromatic carbocycles. The number of likely N-dealkylation sites (N-methyl/N-ethyl adjacent to an activating group) is 2. The summed E-state index contributed by atoms with van der Waals surface area (Å²) in [6, 6.07) is 0. The van der Waals surface area contributed by atoms with Gasteiger partial charge in [0, 0.05) is 51.9 Å². The van der Waals surface area contributed by atoms with Crippen molar-refractivity contribution >= 4 is 23.8 Å². The molecule has 0 aliphatic carbocycles. The minimum atomic E-state index is -0.0385. The van der Waals surface area contributed by atoms with Gasteiger partial charge in [0.25, 0.3) is 0 Å². The quantitative estimate of drug-likeness (QED) is 0.0443. The lowest BCUT2D eigenvalue weighted by Crippen LogP contribution is -2.40. The molecule has 0 rings (SSSR count). The summed E-state index contributed by atoms with van der Waals surface area (Å²) in [5.41, 5.74) is 0. The van der Waals surface area contributed by atoms with E-state index in [0.29, 0.717) is 58.5 Å². The Hall–Kier alpha value is -2.16. The Morgan fingerprint density at radius 1 is 0.369 bits per heavy atom. The molecule has 9 heteroatoms. The summed E-state index contributed by atoms with van der Waals surface area (Å²) in [4.78, 5) is 56.8. The molecule has 9 nitrogen and oxygen atoms in total. The van der Waals surface area contributed by atoms with Crippen molar-refractivity contribution in [3.8, 4) is 0 Å². The first-order chi connectivity index (χ1) is 31.8. The summed E-state index contributed by atoms with van der Waals surface area (Å²) in [7, 11) is 0. The third-order valence-corrected chi connectivity index (χ3v) is 13.3. The minimum absolute atomic E-state index is 0.00643. The van der Waals surface area contributed by atoms with Gasteiger partial charge in [0.05, 0.1) is 6.61 Å². The maximum Gasteiger partial charge on any atom is 0.306 e. The van der Waals surface area contributed by atoms with Gasteiger partial charge < -0.3 is 24.2 Å². The number of hydrogen-bond acceptors (Lipinski definition) is 7. The van der Waals surface area contributed by atoms with E-state index in [2.05, 4.69) is 25.7 Å². The molecule has 2 amide bonds. The highest BCUT2D eigenvalue weighted by Gasteiger charge is 2.17. The summed E-state index contributed by atoms with van der Waals surface area (Å²) >= 11 is 0. The van der Waals surface area contributed by atoms with Crippen LogP contribution in [0.3, 0.4) is 0 Å². The van der Waals surface area contributed by atoms with Crippen molar-refractivity contribution < 1.29 is 28.7 Å². The molecule has 0 unspecified atom stereocenters. The Labute approximate surface area is 403 Å². The van der Waals surface area contributed by atoms with Crippen molar-refractivity contribution in [2.45, 2.75) is 285 Å². The SMILES string of the molecule is CCCCCCCCCOC(=O)CCCCCCCN(CCCCCCCC(=O)OC(CCCCCCCC)CCCCCCCC)CCCCC(=O)N(CC)CCN(CC)C(=O)CC. The Morgan fingerprint density at radius 2 is 0.738 bits per heavy atom. The van der Waals surface area contributed by atoms with Crippen LogP contribution < -0.4 is 0 Å². The molecule has 0 aliphatic rings. The molecule has 0 radical (unpaired) electrons. The van der Waals surface area contributed by atoms with Crippen LogP contribution in [0.15, 0.2) is 0 Å². The van der Waals surface area contributed by atoms with E-state index in [1.54, 1.807) is 0 Å². The van der Waals surface area contributed by atoms with E-state index in [4.69, 9.17) is 9.47 Å². The maximum absolute atomic E-state index is 13.1. The Morgan fingerprint density at radius 3 is 1.20 bits per heavy atom. The maximum atomic E-state index is 13.1. The largest absolute Gasteiger partial charge is 0.466 e. The monoisotopic (exact) mass is 920 g/mol. The van der Waals surface area contributed by atoms with E-state index in [-0.39, 0.29) is 29.9 Å². The molecule has 384 valence electrons. The molecule has 0 aliphatic heterocycles. The molecule has 0 saturated carbocycles. The highest BCUT2D eigenvalue weighted by atomic mass is 16.5. The number of rotatable bonds is 50. The minimum Gasteiger partial charge on any atom is -0.466 e. The summed E-state index contributed by atoms with van der Waals surface area (Å²) in [5, 5.41) is 0. The molecule has 0 aromatic rings. The number of carbonyl (C=O) groups excluding carboxylic acids is 4. The van der Waals surface area contributed by atoms with Crippen LogP contribution in [0, 0.1) is 0 Å². The van der Waals surface area contributed by atoms with Crippen molar-refractivity contribution in [3.63, 3.8) is 0 Å². The van der Waals surface area contributed by atoms with Crippen molar-refractivity contribution in [3.05, 3.63) is 0 Å². The number of ether oxygens (including phenoxy) is 2. The zero-order valence-electron chi connectivity index (χ0n) is 44.2. The van der Waals surface area contributed by atoms with Gasteiger partial charge in [-0.2, -0.15) is 0 Å². The van der Waals surface area contributed by atoms with E-state index < -0.39 is 0 Å². The molecule has 0 spiro atoms. The normalized spacial score (nSPS) is 11.4. The molecular weight excluding hydrogens is 811 g/mol.